The fourth-order valence-corrected chi connectivity index (χ4v) is 2.37. The lowest BCUT2D eigenvalue weighted by Gasteiger charge is -2.21. The van der Waals surface area contributed by atoms with Gasteiger partial charge in [-0.2, -0.15) is 0 Å². The first-order valence-corrected chi connectivity index (χ1v) is 6.37. The van der Waals surface area contributed by atoms with Crippen molar-refractivity contribution in [3.8, 4) is 0 Å². The number of amides is 1. The van der Waals surface area contributed by atoms with Gasteiger partial charge in [0.15, 0.2) is 0 Å². The van der Waals surface area contributed by atoms with Gasteiger partial charge in [0.05, 0.1) is 12.6 Å². The van der Waals surface area contributed by atoms with E-state index in [2.05, 4.69) is 0 Å². The summed E-state index contributed by atoms with van der Waals surface area (Å²) in [7, 11) is 0. The van der Waals surface area contributed by atoms with Crippen molar-refractivity contribution in [2.45, 2.75) is 25.8 Å². The SMILES string of the molecule is C/C(=C\C(=O)N1CCC[C@H]1CO)c1ccccc1. The lowest BCUT2D eigenvalue weighted by Crippen LogP contribution is -2.36. The molecule has 1 atom stereocenters. The predicted octanol–water partition coefficient (Wildman–Crippen LogP) is 2.07. The first-order valence-electron chi connectivity index (χ1n) is 6.37. The molecule has 2 rings (SSSR count). The highest BCUT2D eigenvalue weighted by atomic mass is 16.3. The molecule has 18 heavy (non-hydrogen) atoms. The smallest absolute Gasteiger partial charge is 0.247 e. The van der Waals surface area contributed by atoms with E-state index in [-0.39, 0.29) is 18.6 Å². The Morgan fingerprint density at radius 2 is 2.17 bits per heavy atom. The van der Waals surface area contributed by atoms with Crippen LogP contribution in [0, 0.1) is 0 Å². The summed E-state index contributed by atoms with van der Waals surface area (Å²) in [6, 6.07) is 9.87. The molecule has 1 aliphatic rings. The van der Waals surface area contributed by atoms with E-state index in [1.807, 2.05) is 37.3 Å². The van der Waals surface area contributed by atoms with Crippen LogP contribution < -0.4 is 0 Å². The molecule has 1 N–H and O–H groups in total. The second-order valence-corrected chi connectivity index (χ2v) is 4.70. The first-order chi connectivity index (χ1) is 8.72. The van der Waals surface area contributed by atoms with Gasteiger partial charge in [-0.1, -0.05) is 30.3 Å². The minimum atomic E-state index is -0.00248. The van der Waals surface area contributed by atoms with Crippen LogP contribution in [0.15, 0.2) is 36.4 Å². The Balaban J connectivity index is 2.10. The number of aliphatic hydroxyl groups is 1. The van der Waals surface area contributed by atoms with E-state index in [1.54, 1.807) is 11.0 Å². The Morgan fingerprint density at radius 1 is 1.44 bits per heavy atom. The number of hydrogen-bond acceptors (Lipinski definition) is 2. The lowest BCUT2D eigenvalue weighted by atomic mass is 10.1. The van der Waals surface area contributed by atoms with Crippen LogP contribution in [0.4, 0.5) is 0 Å². The third-order valence-electron chi connectivity index (χ3n) is 3.44. The van der Waals surface area contributed by atoms with Crippen LogP contribution >= 0.6 is 0 Å². The quantitative estimate of drug-likeness (QED) is 0.828. The second kappa shape index (κ2) is 5.83. The molecule has 1 heterocycles. The zero-order chi connectivity index (χ0) is 13.0. The maximum absolute atomic E-state index is 12.1. The number of aliphatic hydroxyl groups excluding tert-OH is 1. The number of rotatable bonds is 3. The molecular weight excluding hydrogens is 226 g/mol. The van der Waals surface area contributed by atoms with E-state index in [1.165, 1.54) is 0 Å². The average molecular weight is 245 g/mol. The third kappa shape index (κ3) is 2.79. The molecule has 0 radical (unpaired) electrons. The zero-order valence-corrected chi connectivity index (χ0v) is 10.7. The van der Waals surface area contributed by atoms with Gasteiger partial charge < -0.3 is 10.0 Å². The van der Waals surface area contributed by atoms with Crippen LogP contribution in [0.25, 0.3) is 5.57 Å². The zero-order valence-electron chi connectivity index (χ0n) is 10.7. The van der Waals surface area contributed by atoms with Gasteiger partial charge >= 0.3 is 0 Å². The Hall–Kier alpha value is -1.61. The normalized spacial score (nSPS) is 20.2. The lowest BCUT2D eigenvalue weighted by molar-refractivity contribution is -0.127. The summed E-state index contributed by atoms with van der Waals surface area (Å²) in [5, 5.41) is 9.22. The molecule has 96 valence electrons. The number of nitrogens with zero attached hydrogens (tertiary/aromatic N) is 1. The molecule has 1 saturated heterocycles. The van der Waals surface area contributed by atoms with Crippen molar-refractivity contribution >= 4 is 11.5 Å². The number of carbonyl (C=O) groups excluding carboxylic acids is 1. The van der Waals surface area contributed by atoms with Gasteiger partial charge in [0.25, 0.3) is 0 Å². The molecule has 3 heteroatoms. The second-order valence-electron chi connectivity index (χ2n) is 4.70. The van der Waals surface area contributed by atoms with Crippen molar-refractivity contribution < 1.29 is 9.90 Å². The Bertz CT molecular complexity index is 439. The first kappa shape index (κ1) is 12.8. The fourth-order valence-electron chi connectivity index (χ4n) is 2.37. The van der Waals surface area contributed by atoms with Gasteiger partial charge in [-0.3, -0.25) is 4.79 Å². The summed E-state index contributed by atoms with van der Waals surface area (Å²) in [6.45, 7) is 2.75. The van der Waals surface area contributed by atoms with Gasteiger partial charge in [-0.25, -0.2) is 0 Å². The summed E-state index contributed by atoms with van der Waals surface area (Å²) in [4.78, 5) is 13.9. The van der Waals surface area contributed by atoms with Crippen molar-refractivity contribution in [3.05, 3.63) is 42.0 Å². The maximum atomic E-state index is 12.1. The van der Waals surface area contributed by atoms with Crippen molar-refractivity contribution in [1.82, 2.24) is 4.90 Å². The number of likely N-dealkylation sites (tertiary alicyclic amines) is 1. The summed E-state index contributed by atoms with van der Waals surface area (Å²) < 4.78 is 0. The van der Waals surface area contributed by atoms with Crippen molar-refractivity contribution in [1.29, 1.82) is 0 Å². The van der Waals surface area contributed by atoms with Gasteiger partial charge in [0.1, 0.15) is 0 Å². The summed E-state index contributed by atoms with van der Waals surface area (Å²) in [6.07, 6.45) is 3.55. The summed E-state index contributed by atoms with van der Waals surface area (Å²) in [5.74, 6) is 0.00732. The Labute approximate surface area is 108 Å². The van der Waals surface area contributed by atoms with Crippen LogP contribution in [-0.2, 0) is 4.79 Å². The number of benzene rings is 1. The molecule has 0 aromatic heterocycles. The molecule has 1 aromatic carbocycles. The average Bonchev–Trinajstić information content (AvgIpc) is 2.88. The van der Waals surface area contributed by atoms with Crippen molar-refractivity contribution in [3.63, 3.8) is 0 Å². The summed E-state index contributed by atoms with van der Waals surface area (Å²) >= 11 is 0. The fraction of sp³-hybridized carbons (Fsp3) is 0.400. The Morgan fingerprint density at radius 3 is 2.83 bits per heavy atom. The van der Waals surface area contributed by atoms with Crippen LogP contribution in [0.2, 0.25) is 0 Å². The van der Waals surface area contributed by atoms with E-state index in [9.17, 15) is 9.90 Å². The standard InChI is InChI=1S/C15H19NO2/c1-12(13-6-3-2-4-7-13)10-15(18)16-9-5-8-14(16)11-17/h2-4,6-7,10,14,17H,5,8-9,11H2,1H3/b12-10+/t14-/m0/s1. The van der Waals surface area contributed by atoms with Crippen LogP contribution in [0.1, 0.15) is 25.3 Å². The highest BCUT2D eigenvalue weighted by Gasteiger charge is 2.26. The van der Waals surface area contributed by atoms with Crippen LogP contribution in [0.5, 0.6) is 0 Å². The molecular formula is C15H19NO2. The molecule has 0 unspecified atom stereocenters. The minimum Gasteiger partial charge on any atom is -0.394 e. The molecule has 3 nitrogen and oxygen atoms in total. The molecule has 0 spiro atoms. The monoisotopic (exact) mass is 245 g/mol. The molecule has 1 aromatic rings. The minimum absolute atomic E-state index is 0.00248. The molecule has 0 saturated carbocycles. The molecule has 0 aliphatic carbocycles. The van der Waals surface area contributed by atoms with Gasteiger partial charge in [-0.15, -0.1) is 0 Å². The third-order valence-corrected chi connectivity index (χ3v) is 3.44. The van der Waals surface area contributed by atoms with Crippen LogP contribution in [-0.4, -0.2) is 35.1 Å². The van der Waals surface area contributed by atoms with Crippen molar-refractivity contribution in [2.24, 2.45) is 0 Å². The Kier molecular flexibility index (Phi) is 4.15. The van der Waals surface area contributed by atoms with E-state index in [4.69, 9.17) is 0 Å². The highest BCUT2D eigenvalue weighted by Crippen LogP contribution is 2.19. The number of allylic oxidation sites excluding steroid dienone is 1. The molecule has 0 bridgehead atoms. The highest BCUT2D eigenvalue weighted by molar-refractivity contribution is 5.95. The van der Waals surface area contributed by atoms with E-state index < -0.39 is 0 Å². The largest absolute Gasteiger partial charge is 0.394 e. The number of hydrogen-bond donors (Lipinski definition) is 1. The van der Waals surface area contributed by atoms with Gasteiger partial charge in [0, 0.05) is 12.6 Å². The summed E-state index contributed by atoms with van der Waals surface area (Å²) in [5.41, 5.74) is 2.02. The van der Waals surface area contributed by atoms with E-state index >= 15 is 0 Å². The van der Waals surface area contributed by atoms with Gasteiger partial charge in [0.2, 0.25) is 5.91 Å². The van der Waals surface area contributed by atoms with Crippen molar-refractivity contribution in [2.75, 3.05) is 13.2 Å². The van der Waals surface area contributed by atoms with E-state index in [0.29, 0.717) is 0 Å². The van der Waals surface area contributed by atoms with Crippen LogP contribution in [0.3, 0.4) is 0 Å². The molecule has 1 fully saturated rings. The van der Waals surface area contributed by atoms with Gasteiger partial charge in [-0.05, 0) is 30.9 Å². The van der Waals surface area contributed by atoms with E-state index in [0.717, 1.165) is 30.5 Å². The number of carbonyl (C=O) groups is 1. The molecule has 1 aliphatic heterocycles. The molecule has 1 amide bonds. The topological polar surface area (TPSA) is 40.5 Å². The maximum Gasteiger partial charge on any atom is 0.247 e. The predicted molar refractivity (Wildman–Crippen MR) is 71.9 cm³/mol.